The van der Waals surface area contributed by atoms with Crippen LogP contribution in [0.5, 0.6) is 0 Å². The standard InChI is InChI=1S/C15H12ClN3O2S/c1-9-6-7-17-15(18-9)22-12-8-13(20)19(14(12)21)11-4-2-10(16)3-5-11/h2-7,12H,8H2,1H3/t12-/m1/s1. The van der Waals surface area contributed by atoms with Crippen molar-refractivity contribution in [3.8, 4) is 0 Å². The maximum Gasteiger partial charge on any atom is 0.247 e. The second-order valence-electron chi connectivity index (χ2n) is 4.84. The Kier molecular flexibility index (Phi) is 4.13. The largest absolute Gasteiger partial charge is 0.274 e. The lowest BCUT2D eigenvalue weighted by atomic mass is 10.3. The minimum Gasteiger partial charge on any atom is -0.274 e. The van der Waals surface area contributed by atoms with E-state index >= 15 is 0 Å². The number of amides is 2. The van der Waals surface area contributed by atoms with E-state index in [1.54, 1.807) is 36.5 Å². The van der Waals surface area contributed by atoms with Crippen molar-refractivity contribution in [2.45, 2.75) is 23.8 Å². The normalized spacial score (nSPS) is 18.1. The molecule has 22 heavy (non-hydrogen) atoms. The monoisotopic (exact) mass is 333 g/mol. The van der Waals surface area contributed by atoms with E-state index in [0.717, 1.165) is 5.69 Å². The number of hydrogen-bond donors (Lipinski definition) is 0. The first-order valence-electron chi connectivity index (χ1n) is 6.63. The number of aryl methyl sites for hydroxylation is 1. The second-order valence-corrected chi connectivity index (χ2v) is 6.44. The molecular weight excluding hydrogens is 322 g/mol. The van der Waals surface area contributed by atoms with Crippen molar-refractivity contribution in [1.82, 2.24) is 9.97 Å². The molecule has 1 fully saturated rings. The van der Waals surface area contributed by atoms with E-state index in [0.29, 0.717) is 15.9 Å². The van der Waals surface area contributed by atoms with Gasteiger partial charge in [-0.15, -0.1) is 0 Å². The Bertz CT molecular complexity index is 736. The molecule has 1 aromatic carbocycles. The fourth-order valence-corrected chi connectivity index (χ4v) is 3.30. The molecular formula is C15H12ClN3O2S. The quantitative estimate of drug-likeness (QED) is 0.638. The highest BCUT2D eigenvalue weighted by Gasteiger charge is 2.40. The summed E-state index contributed by atoms with van der Waals surface area (Å²) in [5.74, 6) is -0.472. The van der Waals surface area contributed by atoms with Gasteiger partial charge in [-0.1, -0.05) is 23.4 Å². The summed E-state index contributed by atoms with van der Waals surface area (Å²) in [5, 5.41) is 0.566. The van der Waals surface area contributed by atoms with Gasteiger partial charge in [0.25, 0.3) is 0 Å². The number of halogens is 1. The molecule has 2 aromatic rings. The molecule has 0 spiro atoms. The fourth-order valence-electron chi connectivity index (χ4n) is 2.17. The van der Waals surface area contributed by atoms with Crippen LogP contribution in [0.15, 0.2) is 41.7 Å². The zero-order valence-corrected chi connectivity index (χ0v) is 13.3. The van der Waals surface area contributed by atoms with Crippen LogP contribution in [0.4, 0.5) is 5.69 Å². The summed E-state index contributed by atoms with van der Waals surface area (Å²) in [6.07, 6.45) is 1.78. The first-order valence-corrected chi connectivity index (χ1v) is 7.89. The van der Waals surface area contributed by atoms with Crippen LogP contribution >= 0.6 is 23.4 Å². The summed E-state index contributed by atoms with van der Waals surface area (Å²) in [6.45, 7) is 1.85. The Morgan fingerprint density at radius 1 is 1.23 bits per heavy atom. The molecule has 3 rings (SSSR count). The van der Waals surface area contributed by atoms with Crippen molar-refractivity contribution in [3.63, 3.8) is 0 Å². The maximum absolute atomic E-state index is 12.5. The van der Waals surface area contributed by atoms with Gasteiger partial charge in [-0.05, 0) is 37.3 Å². The molecule has 112 valence electrons. The lowest BCUT2D eigenvalue weighted by Crippen LogP contribution is -2.31. The van der Waals surface area contributed by atoms with Crippen LogP contribution in [0.3, 0.4) is 0 Å². The predicted molar refractivity (Wildman–Crippen MR) is 85.0 cm³/mol. The molecule has 0 unspecified atom stereocenters. The maximum atomic E-state index is 12.5. The molecule has 1 saturated heterocycles. The van der Waals surface area contributed by atoms with Gasteiger partial charge in [0.15, 0.2) is 5.16 Å². The van der Waals surface area contributed by atoms with Gasteiger partial charge in [-0.25, -0.2) is 14.9 Å². The number of rotatable bonds is 3. The minimum absolute atomic E-state index is 0.142. The molecule has 1 atom stereocenters. The number of anilines is 1. The lowest BCUT2D eigenvalue weighted by molar-refractivity contribution is -0.121. The molecule has 0 bridgehead atoms. The van der Waals surface area contributed by atoms with Gasteiger partial charge in [0.05, 0.1) is 5.69 Å². The van der Waals surface area contributed by atoms with Crippen LogP contribution in [-0.4, -0.2) is 27.0 Å². The van der Waals surface area contributed by atoms with Gasteiger partial charge < -0.3 is 0 Å². The third kappa shape index (κ3) is 2.98. The van der Waals surface area contributed by atoms with Gasteiger partial charge in [-0.2, -0.15) is 0 Å². The Balaban J connectivity index is 1.81. The van der Waals surface area contributed by atoms with E-state index in [-0.39, 0.29) is 18.2 Å². The van der Waals surface area contributed by atoms with Crippen molar-refractivity contribution in [3.05, 3.63) is 47.2 Å². The molecule has 0 N–H and O–H groups in total. The molecule has 0 radical (unpaired) electrons. The van der Waals surface area contributed by atoms with E-state index in [2.05, 4.69) is 9.97 Å². The average molecular weight is 334 g/mol. The van der Waals surface area contributed by atoms with E-state index in [9.17, 15) is 9.59 Å². The first kappa shape index (κ1) is 15.0. The summed E-state index contributed by atoms with van der Waals surface area (Å²) in [7, 11) is 0. The highest BCUT2D eigenvalue weighted by Crippen LogP contribution is 2.32. The Morgan fingerprint density at radius 2 is 1.95 bits per heavy atom. The van der Waals surface area contributed by atoms with Crippen LogP contribution in [0, 0.1) is 6.92 Å². The highest BCUT2D eigenvalue weighted by molar-refractivity contribution is 8.00. The van der Waals surface area contributed by atoms with E-state index in [1.807, 2.05) is 6.92 Å². The smallest absolute Gasteiger partial charge is 0.247 e. The molecule has 1 aromatic heterocycles. The van der Waals surface area contributed by atoms with Crippen molar-refractivity contribution in [2.75, 3.05) is 4.90 Å². The summed E-state index contributed by atoms with van der Waals surface area (Å²) < 4.78 is 0. The van der Waals surface area contributed by atoms with Crippen molar-refractivity contribution in [2.24, 2.45) is 0 Å². The Labute approximate surface area is 136 Å². The molecule has 2 amide bonds. The van der Waals surface area contributed by atoms with Gasteiger partial charge >= 0.3 is 0 Å². The molecule has 2 heterocycles. The number of thioether (sulfide) groups is 1. The van der Waals surface area contributed by atoms with E-state index < -0.39 is 5.25 Å². The molecule has 5 nitrogen and oxygen atoms in total. The van der Waals surface area contributed by atoms with E-state index in [4.69, 9.17) is 11.6 Å². The second kappa shape index (κ2) is 6.06. The number of aromatic nitrogens is 2. The van der Waals surface area contributed by atoms with Gasteiger partial charge in [0, 0.05) is 23.3 Å². The van der Waals surface area contributed by atoms with Crippen LogP contribution < -0.4 is 4.90 Å². The summed E-state index contributed by atoms with van der Waals surface area (Å²) >= 11 is 7.05. The molecule has 1 aliphatic rings. The fraction of sp³-hybridized carbons (Fsp3) is 0.200. The molecule has 7 heteroatoms. The number of benzene rings is 1. The zero-order valence-electron chi connectivity index (χ0n) is 11.7. The topological polar surface area (TPSA) is 63.2 Å². The molecule has 0 aliphatic carbocycles. The van der Waals surface area contributed by atoms with Crippen molar-refractivity contribution in [1.29, 1.82) is 0 Å². The molecule has 1 aliphatic heterocycles. The van der Waals surface area contributed by atoms with Crippen molar-refractivity contribution < 1.29 is 9.59 Å². The van der Waals surface area contributed by atoms with Crippen LogP contribution in [-0.2, 0) is 9.59 Å². The third-order valence-corrected chi connectivity index (χ3v) is 4.52. The average Bonchev–Trinajstić information content (AvgIpc) is 2.75. The van der Waals surface area contributed by atoms with Gasteiger partial charge in [-0.3, -0.25) is 9.59 Å². The number of nitrogens with zero attached hydrogens (tertiary/aromatic N) is 3. The molecule has 0 saturated carbocycles. The van der Waals surface area contributed by atoms with Crippen LogP contribution in [0.25, 0.3) is 0 Å². The zero-order chi connectivity index (χ0) is 15.7. The van der Waals surface area contributed by atoms with E-state index in [1.165, 1.54) is 16.7 Å². The van der Waals surface area contributed by atoms with Crippen molar-refractivity contribution >= 4 is 40.9 Å². The van der Waals surface area contributed by atoms with Crippen LogP contribution in [0.1, 0.15) is 12.1 Å². The first-order chi connectivity index (χ1) is 10.5. The number of carbonyl (C=O) groups excluding carboxylic acids is 2. The summed E-state index contributed by atoms with van der Waals surface area (Å²) in [6, 6.07) is 8.41. The number of hydrogen-bond acceptors (Lipinski definition) is 5. The van der Waals surface area contributed by atoms with Crippen LogP contribution in [0.2, 0.25) is 5.02 Å². The predicted octanol–water partition coefficient (Wildman–Crippen LogP) is 2.86. The number of imide groups is 1. The highest BCUT2D eigenvalue weighted by atomic mass is 35.5. The van der Waals surface area contributed by atoms with Gasteiger partial charge in [0.2, 0.25) is 11.8 Å². The Hall–Kier alpha value is -1.92. The number of carbonyl (C=O) groups is 2. The van der Waals surface area contributed by atoms with Gasteiger partial charge in [0.1, 0.15) is 5.25 Å². The minimum atomic E-state index is -0.495. The summed E-state index contributed by atoms with van der Waals surface area (Å²) in [4.78, 5) is 34.2. The SMILES string of the molecule is Cc1ccnc(S[C@@H]2CC(=O)N(c3ccc(Cl)cc3)C2=O)n1. The third-order valence-electron chi connectivity index (χ3n) is 3.21. The summed E-state index contributed by atoms with van der Waals surface area (Å²) in [5.41, 5.74) is 1.36. The lowest BCUT2D eigenvalue weighted by Gasteiger charge is -2.14. The Morgan fingerprint density at radius 3 is 2.64 bits per heavy atom.